The zero-order chi connectivity index (χ0) is 14.5. The molecule has 0 spiro atoms. The maximum Gasteiger partial charge on any atom is 0.297 e. The molecule has 1 aromatic rings. The fourth-order valence-corrected chi connectivity index (χ4v) is 2.95. The van der Waals surface area contributed by atoms with Crippen LogP contribution in [0.4, 0.5) is 0 Å². The van der Waals surface area contributed by atoms with Crippen LogP contribution in [0.15, 0.2) is 29.2 Å². The van der Waals surface area contributed by atoms with E-state index in [-0.39, 0.29) is 11.5 Å². The molecular weight excluding hydrogens is 264 g/mol. The van der Waals surface area contributed by atoms with E-state index in [2.05, 4.69) is 0 Å². The Bertz CT molecular complexity index is 493. The van der Waals surface area contributed by atoms with E-state index in [4.69, 9.17) is 4.18 Å². The van der Waals surface area contributed by atoms with Crippen LogP contribution in [0.2, 0.25) is 0 Å². The van der Waals surface area contributed by atoms with Gasteiger partial charge in [-0.1, -0.05) is 37.5 Å². The maximum atomic E-state index is 12.1. The highest BCUT2D eigenvalue weighted by Gasteiger charge is 2.31. The number of aliphatic hydroxyl groups is 1. The summed E-state index contributed by atoms with van der Waals surface area (Å²) in [6.45, 7) is 5.19. The minimum absolute atomic E-state index is 0.120. The van der Waals surface area contributed by atoms with Crippen molar-refractivity contribution in [1.29, 1.82) is 0 Å². The van der Waals surface area contributed by atoms with Crippen molar-refractivity contribution in [2.45, 2.75) is 50.5 Å². The van der Waals surface area contributed by atoms with E-state index < -0.39 is 15.7 Å². The Morgan fingerprint density at radius 3 is 2.32 bits per heavy atom. The predicted octanol–water partition coefficient (Wildman–Crippen LogP) is 2.64. The third kappa shape index (κ3) is 4.60. The largest absolute Gasteiger partial charge is 0.393 e. The highest BCUT2D eigenvalue weighted by molar-refractivity contribution is 7.86. The van der Waals surface area contributed by atoms with E-state index in [0.717, 1.165) is 18.4 Å². The lowest BCUT2D eigenvalue weighted by molar-refractivity contribution is 0.0219. The standard InChI is InChI=1S/C14H22O4S/c1-4-5-10-14(3,11-15)18-19(16,17)13-8-6-12(2)7-9-13/h6-9,15H,4-5,10-11H2,1-3H3. The van der Waals surface area contributed by atoms with Gasteiger partial charge in [-0.2, -0.15) is 8.42 Å². The second kappa shape index (κ2) is 6.50. The molecule has 19 heavy (non-hydrogen) atoms. The van der Waals surface area contributed by atoms with Crippen molar-refractivity contribution in [2.24, 2.45) is 0 Å². The maximum absolute atomic E-state index is 12.1. The molecule has 0 radical (unpaired) electrons. The molecular formula is C14H22O4S. The fraction of sp³-hybridized carbons (Fsp3) is 0.571. The predicted molar refractivity (Wildman–Crippen MR) is 74.5 cm³/mol. The normalized spacial score (nSPS) is 15.2. The van der Waals surface area contributed by atoms with Gasteiger partial charge in [0.25, 0.3) is 10.1 Å². The van der Waals surface area contributed by atoms with Gasteiger partial charge in [0.2, 0.25) is 0 Å². The first-order valence-corrected chi connectivity index (χ1v) is 7.87. The number of aryl methyl sites for hydroxylation is 1. The van der Waals surface area contributed by atoms with E-state index in [1.54, 1.807) is 19.1 Å². The van der Waals surface area contributed by atoms with Crippen molar-refractivity contribution in [3.8, 4) is 0 Å². The van der Waals surface area contributed by atoms with Gasteiger partial charge in [0, 0.05) is 0 Å². The second-order valence-electron chi connectivity index (χ2n) is 5.06. The van der Waals surface area contributed by atoms with Gasteiger partial charge in [0.1, 0.15) is 5.60 Å². The summed E-state index contributed by atoms with van der Waals surface area (Å²) in [5.74, 6) is 0. The third-order valence-corrected chi connectivity index (χ3v) is 4.49. The van der Waals surface area contributed by atoms with Crippen LogP contribution in [-0.2, 0) is 14.3 Å². The van der Waals surface area contributed by atoms with Gasteiger partial charge in [-0.25, -0.2) is 0 Å². The molecule has 0 aliphatic heterocycles. The lowest BCUT2D eigenvalue weighted by Gasteiger charge is -2.26. The number of benzene rings is 1. The Morgan fingerprint density at radius 1 is 1.26 bits per heavy atom. The van der Waals surface area contributed by atoms with Crippen LogP contribution in [0.3, 0.4) is 0 Å². The van der Waals surface area contributed by atoms with Crippen LogP contribution in [0.5, 0.6) is 0 Å². The van der Waals surface area contributed by atoms with E-state index in [1.807, 2.05) is 13.8 Å². The van der Waals surface area contributed by atoms with E-state index >= 15 is 0 Å². The monoisotopic (exact) mass is 286 g/mol. The second-order valence-corrected chi connectivity index (χ2v) is 6.61. The lowest BCUT2D eigenvalue weighted by atomic mass is 10.0. The van der Waals surface area contributed by atoms with Crippen molar-refractivity contribution in [1.82, 2.24) is 0 Å². The summed E-state index contributed by atoms with van der Waals surface area (Å²) in [6.07, 6.45) is 2.23. The van der Waals surface area contributed by atoms with Crippen LogP contribution in [0, 0.1) is 6.92 Å². The molecule has 0 saturated heterocycles. The Labute approximate surface area is 115 Å². The highest BCUT2D eigenvalue weighted by Crippen LogP contribution is 2.25. The Morgan fingerprint density at radius 2 is 1.84 bits per heavy atom. The van der Waals surface area contributed by atoms with Crippen molar-refractivity contribution in [2.75, 3.05) is 6.61 Å². The van der Waals surface area contributed by atoms with Gasteiger partial charge in [-0.15, -0.1) is 0 Å². The molecule has 0 heterocycles. The molecule has 1 aromatic carbocycles. The first-order valence-electron chi connectivity index (χ1n) is 6.46. The molecule has 1 unspecified atom stereocenters. The Balaban J connectivity index is 2.91. The summed E-state index contributed by atoms with van der Waals surface area (Å²) in [6, 6.07) is 6.47. The van der Waals surface area contributed by atoms with Gasteiger partial charge in [-0.05, 0) is 32.4 Å². The topological polar surface area (TPSA) is 63.6 Å². The Hall–Kier alpha value is -0.910. The molecule has 5 heteroatoms. The summed E-state index contributed by atoms with van der Waals surface area (Å²) in [4.78, 5) is 0.120. The van der Waals surface area contributed by atoms with Gasteiger partial charge >= 0.3 is 0 Å². The molecule has 1 atom stereocenters. The molecule has 1 N–H and O–H groups in total. The zero-order valence-electron chi connectivity index (χ0n) is 11.7. The van der Waals surface area contributed by atoms with Crippen LogP contribution in [0.25, 0.3) is 0 Å². The van der Waals surface area contributed by atoms with Crippen molar-refractivity contribution >= 4 is 10.1 Å². The minimum atomic E-state index is -3.84. The molecule has 0 saturated carbocycles. The smallest absolute Gasteiger partial charge is 0.297 e. The number of hydrogen-bond donors (Lipinski definition) is 1. The summed E-state index contributed by atoms with van der Waals surface area (Å²) >= 11 is 0. The Kier molecular flexibility index (Phi) is 5.52. The first kappa shape index (κ1) is 16.1. The summed E-state index contributed by atoms with van der Waals surface area (Å²) in [5.41, 5.74) is -0.0745. The van der Waals surface area contributed by atoms with E-state index in [9.17, 15) is 13.5 Å². The molecule has 0 amide bonds. The number of rotatable bonds is 7. The number of hydrogen-bond acceptors (Lipinski definition) is 4. The van der Waals surface area contributed by atoms with Gasteiger partial charge < -0.3 is 5.11 Å². The molecule has 4 nitrogen and oxygen atoms in total. The highest BCUT2D eigenvalue weighted by atomic mass is 32.2. The van der Waals surface area contributed by atoms with E-state index in [0.29, 0.717) is 6.42 Å². The van der Waals surface area contributed by atoms with Crippen LogP contribution >= 0.6 is 0 Å². The average Bonchev–Trinajstić information content (AvgIpc) is 2.36. The summed E-state index contributed by atoms with van der Waals surface area (Å²) in [7, 11) is -3.84. The fourth-order valence-electron chi connectivity index (χ4n) is 1.72. The van der Waals surface area contributed by atoms with Gasteiger partial charge in [0.15, 0.2) is 0 Å². The first-order chi connectivity index (χ1) is 8.83. The summed E-state index contributed by atoms with van der Waals surface area (Å²) in [5, 5.41) is 9.38. The molecule has 0 aromatic heterocycles. The molecule has 0 bridgehead atoms. The molecule has 108 valence electrons. The average molecular weight is 286 g/mol. The molecule has 0 aliphatic carbocycles. The van der Waals surface area contributed by atoms with Crippen molar-refractivity contribution in [3.05, 3.63) is 29.8 Å². The quantitative estimate of drug-likeness (QED) is 0.783. The lowest BCUT2D eigenvalue weighted by Crippen LogP contribution is -2.35. The number of aliphatic hydroxyl groups excluding tert-OH is 1. The molecule has 0 aliphatic rings. The molecule has 1 rings (SSSR count). The van der Waals surface area contributed by atoms with Crippen LogP contribution in [-0.4, -0.2) is 25.7 Å². The summed E-state index contributed by atoms with van der Waals surface area (Å²) < 4.78 is 29.5. The SMILES string of the molecule is CCCCC(C)(CO)OS(=O)(=O)c1ccc(C)cc1. The number of unbranched alkanes of at least 4 members (excludes halogenated alkanes) is 1. The van der Waals surface area contributed by atoms with Crippen LogP contribution in [0.1, 0.15) is 38.7 Å². The third-order valence-electron chi connectivity index (χ3n) is 3.01. The van der Waals surface area contributed by atoms with Crippen molar-refractivity contribution < 1.29 is 17.7 Å². The van der Waals surface area contributed by atoms with Crippen molar-refractivity contribution in [3.63, 3.8) is 0 Å². The van der Waals surface area contributed by atoms with Crippen LogP contribution < -0.4 is 0 Å². The minimum Gasteiger partial charge on any atom is -0.393 e. The molecule has 0 fully saturated rings. The van der Waals surface area contributed by atoms with E-state index in [1.165, 1.54) is 12.1 Å². The van der Waals surface area contributed by atoms with Gasteiger partial charge in [-0.3, -0.25) is 4.18 Å². The zero-order valence-corrected chi connectivity index (χ0v) is 12.5. The van der Waals surface area contributed by atoms with Gasteiger partial charge in [0.05, 0.1) is 11.5 Å².